The zero-order chi connectivity index (χ0) is 20.9. The van der Waals surface area contributed by atoms with Crippen LogP contribution in [0.5, 0.6) is 0 Å². The van der Waals surface area contributed by atoms with Gasteiger partial charge >= 0.3 is 0 Å². The molecule has 0 bridgehead atoms. The predicted molar refractivity (Wildman–Crippen MR) is 114 cm³/mol. The van der Waals surface area contributed by atoms with Crippen molar-refractivity contribution in [3.63, 3.8) is 0 Å². The minimum Gasteiger partial charge on any atom is -0.342 e. The van der Waals surface area contributed by atoms with Crippen LogP contribution in [0.4, 0.5) is 0 Å². The standard InChI is InChI=1S/C24H30N4O2/c1-17(2)28-14-21(25-16-28)20-13-27(22(29)19-6-4-3-5-7-19)15-24(20)10-11-26(23(24)30)12-18-8-9-18/h3-7,14,16-18,20H,8-13,15H2,1-2H3/t20-,24+/m1/s1. The summed E-state index contributed by atoms with van der Waals surface area (Å²) >= 11 is 0. The summed E-state index contributed by atoms with van der Waals surface area (Å²) in [7, 11) is 0. The molecule has 30 heavy (non-hydrogen) atoms. The number of aromatic nitrogens is 2. The van der Waals surface area contributed by atoms with Crippen molar-refractivity contribution in [3.8, 4) is 0 Å². The maximum atomic E-state index is 13.7. The van der Waals surface area contributed by atoms with Gasteiger partial charge in [-0.1, -0.05) is 18.2 Å². The maximum Gasteiger partial charge on any atom is 0.253 e. The molecule has 2 saturated heterocycles. The molecule has 0 unspecified atom stereocenters. The van der Waals surface area contributed by atoms with Crippen LogP contribution in [0, 0.1) is 11.3 Å². The Bertz CT molecular complexity index is 949. The van der Waals surface area contributed by atoms with Gasteiger partial charge in [0.15, 0.2) is 0 Å². The molecule has 1 saturated carbocycles. The van der Waals surface area contributed by atoms with Crippen molar-refractivity contribution < 1.29 is 9.59 Å². The smallest absolute Gasteiger partial charge is 0.253 e. The van der Waals surface area contributed by atoms with Crippen molar-refractivity contribution in [2.24, 2.45) is 11.3 Å². The summed E-state index contributed by atoms with van der Waals surface area (Å²) < 4.78 is 2.09. The molecule has 158 valence electrons. The summed E-state index contributed by atoms with van der Waals surface area (Å²) in [6.07, 6.45) is 7.20. The molecule has 3 fully saturated rings. The molecule has 2 amide bonds. The van der Waals surface area contributed by atoms with Crippen LogP contribution in [-0.2, 0) is 4.79 Å². The van der Waals surface area contributed by atoms with E-state index in [0.717, 1.165) is 25.2 Å². The Morgan fingerprint density at radius 1 is 1.23 bits per heavy atom. The van der Waals surface area contributed by atoms with Crippen molar-refractivity contribution in [3.05, 3.63) is 54.1 Å². The predicted octanol–water partition coefficient (Wildman–Crippen LogP) is 3.33. The third-order valence-electron chi connectivity index (χ3n) is 7.14. The molecule has 5 rings (SSSR count). The summed E-state index contributed by atoms with van der Waals surface area (Å²) in [6.45, 7) is 6.95. The molecular weight excluding hydrogens is 376 g/mol. The van der Waals surface area contributed by atoms with E-state index in [1.54, 1.807) is 0 Å². The third kappa shape index (κ3) is 3.22. The summed E-state index contributed by atoms with van der Waals surface area (Å²) in [4.78, 5) is 35.5. The van der Waals surface area contributed by atoms with Crippen LogP contribution in [0.15, 0.2) is 42.9 Å². The van der Waals surface area contributed by atoms with Crippen LogP contribution in [0.3, 0.4) is 0 Å². The van der Waals surface area contributed by atoms with Crippen molar-refractivity contribution >= 4 is 11.8 Å². The van der Waals surface area contributed by atoms with Gasteiger partial charge in [-0.2, -0.15) is 0 Å². The van der Waals surface area contributed by atoms with Crippen molar-refractivity contribution in [1.82, 2.24) is 19.4 Å². The fraction of sp³-hybridized carbons (Fsp3) is 0.542. The van der Waals surface area contributed by atoms with E-state index in [0.29, 0.717) is 30.6 Å². The molecule has 0 radical (unpaired) electrons. The van der Waals surface area contributed by atoms with Gasteiger partial charge in [-0.3, -0.25) is 9.59 Å². The Balaban J connectivity index is 1.47. The van der Waals surface area contributed by atoms with Gasteiger partial charge in [-0.15, -0.1) is 0 Å². The Morgan fingerprint density at radius 3 is 2.67 bits per heavy atom. The summed E-state index contributed by atoms with van der Waals surface area (Å²) in [5.74, 6) is 0.851. The largest absolute Gasteiger partial charge is 0.342 e. The average molecular weight is 407 g/mol. The van der Waals surface area contributed by atoms with Gasteiger partial charge < -0.3 is 14.4 Å². The number of hydrogen-bond acceptors (Lipinski definition) is 3. The van der Waals surface area contributed by atoms with Crippen LogP contribution in [0.1, 0.15) is 61.1 Å². The van der Waals surface area contributed by atoms with E-state index in [4.69, 9.17) is 4.98 Å². The summed E-state index contributed by atoms with van der Waals surface area (Å²) in [5.41, 5.74) is 1.07. The van der Waals surface area contributed by atoms with E-state index in [9.17, 15) is 9.59 Å². The molecule has 6 heteroatoms. The molecule has 2 atom stereocenters. The number of carbonyl (C=O) groups excluding carboxylic acids is 2. The Labute approximate surface area is 177 Å². The monoisotopic (exact) mass is 406 g/mol. The highest BCUT2D eigenvalue weighted by molar-refractivity contribution is 5.96. The normalized spacial score (nSPS) is 26.4. The molecule has 0 N–H and O–H groups in total. The molecular formula is C24H30N4O2. The number of imidazole rings is 1. The van der Waals surface area contributed by atoms with E-state index in [-0.39, 0.29) is 17.7 Å². The molecule has 1 aromatic heterocycles. The lowest BCUT2D eigenvalue weighted by molar-refractivity contribution is -0.136. The van der Waals surface area contributed by atoms with Gasteiger partial charge in [0.1, 0.15) is 0 Å². The lowest BCUT2D eigenvalue weighted by Gasteiger charge is -2.28. The van der Waals surface area contributed by atoms with Gasteiger partial charge in [0.05, 0.1) is 17.4 Å². The molecule has 1 aromatic carbocycles. The lowest BCUT2D eigenvalue weighted by atomic mass is 9.75. The van der Waals surface area contributed by atoms with Gasteiger partial charge in [0.2, 0.25) is 5.91 Å². The molecule has 1 spiro atoms. The van der Waals surface area contributed by atoms with Gasteiger partial charge in [0, 0.05) is 49.9 Å². The minimum absolute atomic E-state index is 0.00853. The van der Waals surface area contributed by atoms with Crippen LogP contribution >= 0.6 is 0 Å². The average Bonchev–Trinajstić information content (AvgIpc) is 3.17. The van der Waals surface area contributed by atoms with E-state index < -0.39 is 5.41 Å². The molecule has 3 aliphatic rings. The molecule has 1 aliphatic carbocycles. The number of hydrogen-bond donors (Lipinski definition) is 0. The zero-order valence-corrected chi connectivity index (χ0v) is 17.8. The lowest BCUT2D eigenvalue weighted by Crippen LogP contribution is -2.41. The van der Waals surface area contributed by atoms with Crippen LogP contribution in [0.2, 0.25) is 0 Å². The van der Waals surface area contributed by atoms with E-state index in [1.165, 1.54) is 12.8 Å². The highest BCUT2D eigenvalue weighted by atomic mass is 16.2. The fourth-order valence-electron chi connectivity index (χ4n) is 5.13. The second kappa shape index (κ2) is 7.25. The first-order chi connectivity index (χ1) is 14.5. The van der Waals surface area contributed by atoms with Gasteiger partial charge in [0.25, 0.3) is 5.91 Å². The Hall–Kier alpha value is -2.63. The molecule has 6 nitrogen and oxygen atoms in total. The van der Waals surface area contributed by atoms with Gasteiger partial charge in [-0.05, 0) is 51.2 Å². The number of amides is 2. The van der Waals surface area contributed by atoms with Crippen LogP contribution in [-0.4, -0.2) is 57.3 Å². The number of carbonyl (C=O) groups is 2. The first kappa shape index (κ1) is 19.3. The summed E-state index contributed by atoms with van der Waals surface area (Å²) in [5, 5.41) is 0. The topological polar surface area (TPSA) is 58.4 Å². The van der Waals surface area contributed by atoms with Crippen molar-refractivity contribution in [2.75, 3.05) is 26.2 Å². The van der Waals surface area contributed by atoms with Crippen molar-refractivity contribution in [2.45, 2.75) is 45.1 Å². The maximum absolute atomic E-state index is 13.7. The number of nitrogens with zero attached hydrogens (tertiary/aromatic N) is 4. The highest BCUT2D eigenvalue weighted by Gasteiger charge is 2.59. The SMILES string of the molecule is CC(C)n1cnc([C@H]2CN(C(=O)c3ccccc3)C[C@@]23CCN(CC2CC2)C3=O)c1. The second-order valence-corrected chi connectivity index (χ2v) is 9.54. The Morgan fingerprint density at radius 2 is 2.00 bits per heavy atom. The highest BCUT2D eigenvalue weighted by Crippen LogP contribution is 2.50. The number of rotatable bonds is 5. The zero-order valence-electron chi connectivity index (χ0n) is 17.8. The van der Waals surface area contributed by atoms with Crippen molar-refractivity contribution in [1.29, 1.82) is 0 Å². The quantitative estimate of drug-likeness (QED) is 0.765. The van der Waals surface area contributed by atoms with E-state index in [2.05, 4.69) is 29.5 Å². The Kier molecular flexibility index (Phi) is 4.68. The third-order valence-corrected chi connectivity index (χ3v) is 7.14. The molecule has 2 aliphatic heterocycles. The van der Waals surface area contributed by atoms with E-state index >= 15 is 0 Å². The molecule has 3 heterocycles. The van der Waals surface area contributed by atoms with Gasteiger partial charge in [-0.25, -0.2) is 4.98 Å². The molecule has 2 aromatic rings. The first-order valence-corrected chi connectivity index (χ1v) is 11.1. The second-order valence-electron chi connectivity index (χ2n) is 9.54. The van der Waals surface area contributed by atoms with E-state index in [1.807, 2.05) is 41.6 Å². The van der Waals surface area contributed by atoms with Crippen LogP contribution in [0.25, 0.3) is 0 Å². The summed E-state index contributed by atoms with van der Waals surface area (Å²) in [6, 6.07) is 9.71. The minimum atomic E-state index is -0.546. The fourth-order valence-corrected chi connectivity index (χ4v) is 5.13. The van der Waals surface area contributed by atoms with Crippen LogP contribution < -0.4 is 0 Å². The number of likely N-dealkylation sites (tertiary alicyclic amines) is 2. The first-order valence-electron chi connectivity index (χ1n) is 11.1. The number of benzene rings is 1.